The molecule has 2 unspecified atom stereocenters. The van der Waals surface area contributed by atoms with Crippen molar-refractivity contribution in [2.24, 2.45) is 5.92 Å². The van der Waals surface area contributed by atoms with Gasteiger partial charge in [-0.15, -0.1) is 0 Å². The van der Waals surface area contributed by atoms with Gasteiger partial charge in [0.15, 0.2) is 0 Å². The highest BCUT2D eigenvalue weighted by atomic mass is 16.4. The lowest BCUT2D eigenvalue weighted by molar-refractivity contribution is -0.135. The smallest absolute Gasteiger partial charge is 0.323 e. The first-order chi connectivity index (χ1) is 8.16. The summed E-state index contributed by atoms with van der Waals surface area (Å²) in [6.45, 7) is 2.34. The minimum Gasteiger partial charge on any atom is -0.480 e. The van der Waals surface area contributed by atoms with Crippen LogP contribution in [0, 0.1) is 5.92 Å². The normalized spacial score (nSPS) is 23.6. The van der Waals surface area contributed by atoms with E-state index in [1.165, 1.54) is 6.42 Å². The number of benzene rings is 1. The molecule has 0 spiro atoms. The van der Waals surface area contributed by atoms with Gasteiger partial charge in [-0.1, -0.05) is 25.1 Å². The number of hydrogen-bond donors (Lipinski definition) is 1. The Morgan fingerprint density at radius 1 is 1.35 bits per heavy atom. The van der Waals surface area contributed by atoms with Gasteiger partial charge in [-0.25, -0.2) is 0 Å². The van der Waals surface area contributed by atoms with Crippen LogP contribution in [0.15, 0.2) is 30.3 Å². The van der Waals surface area contributed by atoms with E-state index in [2.05, 4.69) is 6.92 Å². The van der Waals surface area contributed by atoms with Gasteiger partial charge in [-0.2, -0.15) is 0 Å². The number of carbonyl (C=O) groups is 1. The summed E-state index contributed by atoms with van der Waals surface area (Å²) in [7, 11) is 0. The highest BCUT2D eigenvalue weighted by molar-refractivity contribution is 5.74. The Hall–Kier alpha value is -1.51. The summed E-state index contributed by atoms with van der Waals surface area (Å²) in [5, 5.41) is 9.03. The summed E-state index contributed by atoms with van der Waals surface area (Å²) in [5.74, 6) is -0.0478. The van der Waals surface area contributed by atoms with E-state index in [9.17, 15) is 4.79 Å². The van der Waals surface area contributed by atoms with Gasteiger partial charge in [0.25, 0.3) is 0 Å². The molecule has 1 aromatic carbocycles. The van der Waals surface area contributed by atoms with Gasteiger partial charge >= 0.3 is 5.97 Å². The molecular weight excluding hydrogens is 214 g/mol. The van der Waals surface area contributed by atoms with Crippen LogP contribution in [-0.4, -0.2) is 23.7 Å². The molecular formula is C14H19NO2. The Balaban J connectivity index is 2.16. The van der Waals surface area contributed by atoms with Crippen molar-refractivity contribution >= 4 is 11.7 Å². The molecule has 1 fully saturated rings. The quantitative estimate of drug-likeness (QED) is 0.869. The van der Waals surface area contributed by atoms with Gasteiger partial charge in [0.2, 0.25) is 0 Å². The van der Waals surface area contributed by atoms with Crippen molar-refractivity contribution in [2.75, 3.05) is 11.4 Å². The van der Waals surface area contributed by atoms with E-state index in [0.717, 1.165) is 18.5 Å². The van der Waals surface area contributed by atoms with Crippen molar-refractivity contribution in [1.29, 1.82) is 0 Å². The Labute approximate surface area is 102 Å². The molecule has 1 aromatic rings. The number of carboxylic acid groups (broad SMARTS) is 1. The highest BCUT2D eigenvalue weighted by Crippen LogP contribution is 2.31. The van der Waals surface area contributed by atoms with Gasteiger partial charge in [0.05, 0.1) is 0 Å². The van der Waals surface area contributed by atoms with Crippen LogP contribution in [0.25, 0.3) is 0 Å². The SMILES string of the molecule is CC1CCC(N(CC(=O)O)c2ccccc2)C1. The lowest BCUT2D eigenvalue weighted by atomic mass is 10.1. The number of para-hydroxylation sites is 1. The molecule has 0 amide bonds. The summed E-state index contributed by atoms with van der Waals surface area (Å²) >= 11 is 0. The van der Waals surface area contributed by atoms with Crippen molar-refractivity contribution in [3.05, 3.63) is 30.3 Å². The third kappa shape index (κ3) is 2.99. The second-order valence-electron chi connectivity index (χ2n) is 4.93. The molecule has 0 radical (unpaired) electrons. The molecule has 0 saturated heterocycles. The predicted molar refractivity (Wildman–Crippen MR) is 68.2 cm³/mol. The Kier molecular flexibility index (Phi) is 3.67. The van der Waals surface area contributed by atoms with Gasteiger partial charge in [-0.3, -0.25) is 4.79 Å². The average molecular weight is 233 g/mol. The minimum absolute atomic E-state index is 0.0986. The zero-order valence-electron chi connectivity index (χ0n) is 10.2. The first-order valence-electron chi connectivity index (χ1n) is 6.20. The summed E-state index contributed by atoms with van der Waals surface area (Å²) in [5.41, 5.74) is 1.02. The third-order valence-corrected chi connectivity index (χ3v) is 3.50. The lowest BCUT2D eigenvalue weighted by Gasteiger charge is -2.29. The molecule has 0 aliphatic heterocycles. The van der Waals surface area contributed by atoms with Crippen molar-refractivity contribution in [2.45, 2.75) is 32.2 Å². The van der Waals surface area contributed by atoms with Crippen LogP contribution in [0.1, 0.15) is 26.2 Å². The lowest BCUT2D eigenvalue weighted by Crippen LogP contribution is -2.37. The molecule has 2 rings (SSSR count). The van der Waals surface area contributed by atoms with E-state index in [-0.39, 0.29) is 6.54 Å². The molecule has 1 saturated carbocycles. The fourth-order valence-corrected chi connectivity index (χ4v) is 2.66. The van der Waals surface area contributed by atoms with Gasteiger partial charge in [0, 0.05) is 11.7 Å². The number of aliphatic carboxylic acids is 1. The average Bonchev–Trinajstić information content (AvgIpc) is 2.73. The van der Waals surface area contributed by atoms with Crippen LogP contribution < -0.4 is 4.90 Å². The van der Waals surface area contributed by atoms with E-state index in [1.54, 1.807) is 0 Å². The molecule has 3 nitrogen and oxygen atoms in total. The summed E-state index contributed by atoms with van der Waals surface area (Å²) < 4.78 is 0. The predicted octanol–water partition coefficient (Wildman–Crippen LogP) is 2.77. The molecule has 3 heteroatoms. The Bertz CT molecular complexity index is 377. The van der Waals surface area contributed by atoms with E-state index in [1.807, 2.05) is 35.2 Å². The van der Waals surface area contributed by atoms with E-state index >= 15 is 0 Å². The van der Waals surface area contributed by atoms with Crippen LogP contribution in [-0.2, 0) is 4.79 Å². The summed E-state index contributed by atoms with van der Waals surface area (Å²) in [6.07, 6.45) is 3.40. The van der Waals surface area contributed by atoms with E-state index < -0.39 is 5.97 Å². The third-order valence-electron chi connectivity index (χ3n) is 3.50. The first-order valence-corrected chi connectivity index (χ1v) is 6.20. The fourth-order valence-electron chi connectivity index (χ4n) is 2.66. The number of nitrogens with zero attached hydrogens (tertiary/aromatic N) is 1. The van der Waals surface area contributed by atoms with E-state index in [0.29, 0.717) is 12.0 Å². The Morgan fingerprint density at radius 2 is 2.06 bits per heavy atom. The zero-order chi connectivity index (χ0) is 12.3. The largest absolute Gasteiger partial charge is 0.480 e. The maximum atomic E-state index is 11.0. The summed E-state index contributed by atoms with van der Waals surface area (Å²) in [6, 6.07) is 10.2. The molecule has 17 heavy (non-hydrogen) atoms. The van der Waals surface area contributed by atoms with Crippen molar-refractivity contribution in [3.8, 4) is 0 Å². The molecule has 1 aliphatic rings. The van der Waals surface area contributed by atoms with Crippen LogP contribution in [0.4, 0.5) is 5.69 Å². The second kappa shape index (κ2) is 5.21. The number of carboxylic acids is 1. The zero-order valence-corrected chi connectivity index (χ0v) is 10.2. The van der Waals surface area contributed by atoms with Crippen molar-refractivity contribution < 1.29 is 9.90 Å². The van der Waals surface area contributed by atoms with Crippen LogP contribution in [0.3, 0.4) is 0 Å². The van der Waals surface area contributed by atoms with Crippen LogP contribution in [0.5, 0.6) is 0 Å². The van der Waals surface area contributed by atoms with Crippen molar-refractivity contribution in [1.82, 2.24) is 0 Å². The first kappa shape index (κ1) is 12.0. The van der Waals surface area contributed by atoms with Gasteiger partial charge in [-0.05, 0) is 37.3 Å². The number of rotatable bonds is 4. The van der Waals surface area contributed by atoms with Crippen LogP contribution in [0.2, 0.25) is 0 Å². The molecule has 92 valence electrons. The number of hydrogen-bond acceptors (Lipinski definition) is 2. The summed E-state index contributed by atoms with van der Waals surface area (Å²) in [4.78, 5) is 13.0. The topological polar surface area (TPSA) is 40.5 Å². The van der Waals surface area contributed by atoms with Gasteiger partial charge < -0.3 is 10.0 Å². The minimum atomic E-state index is -0.756. The van der Waals surface area contributed by atoms with Gasteiger partial charge in [0.1, 0.15) is 6.54 Å². The monoisotopic (exact) mass is 233 g/mol. The molecule has 2 atom stereocenters. The van der Waals surface area contributed by atoms with E-state index in [4.69, 9.17) is 5.11 Å². The molecule has 0 bridgehead atoms. The maximum Gasteiger partial charge on any atom is 0.323 e. The molecule has 0 aromatic heterocycles. The Morgan fingerprint density at radius 3 is 2.59 bits per heavy atom. The molecule has 1 aliphatic carbocycles. The highest BCUT2D eigenvalue weighted by Gasteiger charge is 2.28. The molecule has 1 N–H and O–H groups in total. The standard InChI is InChI=1S/C14H19NO2/c1-11-7-8-13(9-11)15(10-14(16)17)12-5-3-2-4-6-12/h2-6,11,13H,7-10H2,1H3,(H,16,17). The molecule has 0 heterocycles. The maximum absolute atomic E-state index is 11.0. The van der Waals surface area contributed by atoms with Crippen LogP contribution >= 0.6 is 0 Å². The fraction of sp³-hybridized carbons (Fsp3) is 0.500. The number of anilines is 1. The van der Waals surface area contributed by atoms with Crippen molar-refractivity contribution in [3.63, 3.8) is 0 Å². The second-order valence-corrected chi connectivity index (χ2v) is 4.93.